The maximum absolute atomic E-state index is 13.0. The number of carbonyl (C=O) groups excluding carboxylic acids is 2. The Balaban J connectivity index is 1.72. The van der Waals surface area contributed by atoms with E-state index in [1.54, 1.807) is 17.0 Å². The Morgan fingerprint density at radius 1 is 1.38 bits per heavy atom. The van der Waals surface area contributed by atoms with Gasteiger partial charge in [0.2, 0.25) is 5.91 Å². The second-order valence-electron chi connectivity index (χ2n) is 5.58. The van der Waals surface area contributed by atoms with Gasteiger partial charge in [-0.05, 0) is 37.0 Å². The first-order valence-corrected chi connectivity index (χ1v) is 8.47. The molecule has 2 aromatic rings. The molecule has 3 rings (SSSR count). The lowest BCUT2D eigenvalue weighted by molar-refractivity contribution is -0.119. The molecule has 5 nitrogen and oxygen atoms in total. The van der Waals surface area contributed by atoms with Crippen molar-refractivity contribution in [1.82, 2.24) is 4.98 Å². The molecule has 0 aliphatic heterocycles. The normalized spacial score (nSPS) is 19.0. The Labute approximate surface area is 143 Å². The van der Waals surface area contributed by atoms with Crippen LogP contribution in [0.5, 0.6) is 0 Å². The molecule has 126 valence electrons. The van der Waals surface area contributed by atoms with Crippen molar-refractivity contribution in [3.8, 4) is 0 Å². The second-order valence-corrected chi connectivity index (χ2v) is 6.59. The summed E-state index contributed by atoms with van der Waals surface area (Å²) in [7, 11) is 1.31. The SMILES string of the molecule is CCN(C(=O)[C@H]1C[C@H]1c1ccc(F)cc1)c1ncc(C(=O)OC)s1. The zero-order chi connectivity index (χ0) is 17.3. The summed E-state index contributed by atoms with van der Waals surface area (Å²) in [4.78, 5) is 30.4. The van der Waals surface area contributed by atoms with Gasteiger partial charge in [0.05, 0.1) is 13.3 Å². The summed E-state index contributed by atoms with van der Waals surface area (Å²) in [6.07, 6.45) is 2.17. The Hall–Kier alpha value is -2.28. The van der Waals surface area contributed by atoms with Crippen LogP contribution < -0.4 is 4.90 Å². The van der Waals surface area contributed by atoms with E-state index in [1.165, 1.54) is 25.4 Å². The van der Waals surface area contributed by atoms with Crippen molar-refractivity contribution in [3.63, 3.8) is 0 Å². The lowest BCUT2D eigenvalue weighted by Crippen LogP contribution is -2.32. The average molecular weight is 348 g/mol. The third kappa shape index (κ3) is 3.17. The van der Waals surface area contributed by atoms with E-state index in [0.717, 1.165) is 23.3 Å². The third-order valence-corrected chi connectivity index (χ3v) is 5.10. The lowest BCUT2D eigenvalue weighted by atomic mass is 10.1. The zero-order valence-electron chi connectivity index (χ0n) is 13.4. The molecule has 1 fully saturated rings. The highest BCUT2D eigenvalue weighted by Crippen LogP contribution is 2.49. The molecule has 0 unspecified atom stereocenters. The molecular weight excluding hydrogens is 331 g/mol. The van der Waals surface area contributed by atoms with E-state index >= 15 is 0 Å². The number of methoxy groups -OCH3 is 1. The van der Waals surface area contributed by atoms with Gasteiger partial charge in [0, 0.05) is 12.5 Å². The maximum atomic E-state index is 13.0. The van der Waals surface area contributed by atoms with E-state index in [1.807, 2.05) is 6.92 Å². The fourth-order valence-corrected chi connectivity index (χ4v) is 3.62. The van der Waals surface area contributed by atoms with Crippen LogP contribution in [-0.4, -0.2) is 30.5 Å². The molecular formula is C17H17FN2O3S. The number of thiazole rings is 1. The molecule has 1 amide bonds. The van der Waals surface area contributed by atoms with Crippen molar-refractivity contribution < 1.29 is 18.7 Å². The minimum Gasteiger partial charge on any atom is -0.465 e. The summed E-state index contributed by atoms with van der Waals surface area (Å²) >= 11 is 1.14. The van der Waals surface area contributed by atoms with Crippen LogP contribution in [-0.2, 0) is 9.53 Å². The van der Waals surface area contributed by atoms with Crippen molar-refractivity contribution >= 4 is 28.3 Å². The van der Waals surface area contributed by atoms with Crippen LogP contribution in [0.1, 0.15) is 34.5 Å². The summed E-state index contributed by atoms with van der Waals surface area (Å²) in [5.74, 6) is -0.765. The van der Waals surface area contributed by atoms with E-state index in [4.69, 9.17) is 0 Å². The van der Waals surface area contributed by atoms with Crippen molar-refractivity contribution in [2.75, 3.05) is 18.6 Å². The molecule has 1 heterocycles. The molecule has 0 N–H and O–H groups in total. The highest BCUT2D eigenvalue weighted by atomic mass is 32.1. The number of ether oxygens (including phenoxy) is 1. The largest absolute Gasteiger partial charge is 0.465 e. The number of rotatable bonds is 5. The summed E-state index contributed by atoms with van der Waals surface area (Å²) in [6.45, 7) is 2.34. The number of anilines is 1. The quantitative estimate of drug-likeness (QED) is 0.779. The van der Waals surface area contributed by atoms with Crippen LogP contribution >= 0.6 is 11.3 Å². The van der Waals surface area contributed by atoms with Crippen LogP contribution in [0.2, 0.25) is 0 Å². The molecule has 0 bridgehead atoms. The summed E-state index contributed by atoms with van der Waals surface area (Å²) in [5, 5.41) is 0.493. The van der Waals surface area contributed by atoms with Gasteiger partial charge >= 0.3 is 5.97 Å². The van der Waals surface area contributed by atoms with Crippen LogP contribution in [0.3, 0.4) is 0 Å². The first kappa shape index (κ1) is 16.6. The van der Waals surface area contributed by atoms with Gasteiger partial charge in [-0.3, -0.25) is 9.69 Å². The highest BCUT2D eigenvalue weighted by Gasteiger charge is 2.46. The van der Waals surface area contributed by atoms with Crippen molar-refractivity contribution in [1.29, 1.82) is 0 Å². The first-order valence-electron chi connectivity index (χ1n) is 7.66. The van der Waals surface area contributed by atoms with E-state index < -0.39 is 5.97 Å². The molecule has 0 spiro atoms. The Bertz CT molecular complexity index is 759. The Kier molecular flexibility index (Phi) is 4.62. The maximum Gasteiger partial charge on any atom is 0.349 e. The number of carbonyl (C=O) groups is 2. The van der Waals surface area contributed by atoms with Gasteiger partial charge in [-0.1, -0.05) is 23.5 Å². The van der Waals surface area contributed by atoms with Crippen LogP contribution in [0.15, 0.2) is 30.5 Å². The predicted molar refractivity (Wildman–Crippen MR) is 88.7 cm³/mol. The van der Waals surface area contributed by atoms with Gasteiger partial charge in [-0.15, -0.1) is 0 Å². The minimum atomic E-state index is -0.460. The Morgan fingerprint density at radius 3 is 2.71 bits per heavy atom. The van der Waals surface area contributed by atoms with Crippen molar-refractivity contribution in [2.45, 2.75) is 19.3 Å². The van der Waals surface area contributed by atoms with E-state index in [-0.39, 0.29) is 23.6 Å². The number of aromatic nitrogens is 1. The summed E-state index contributed by atoms with van der Waals surface area (Å²) < 4.78 is 17.7. The Morgan fingerprint density at radius 2 is 2.08 bits per heavy atom. The predicted octanol–water partition coefficient (Wildman–Crippen LogP) is 3.23. The van der Waals surface area contributed by atoms with Gasteiger partial charge in [-0.25, -0.2) is 14.2 Å². The van der Waals surface area contributed by atoms with Gasteiger partial charge in [0.25, 0.3) is 0 Å². The van der Waals surface area contributed by atoms with Gasteiger partial charge in [0.15, 0.2) is 5.13 Å². The van der Waals surface area contributed by atoms with Gasteiger partial charge in [0.1, 0.15) is 10.7 Å². The highest BCUT2D eigenvalue weighted by molar-refractivity contribution is 7.17. The first-order chi connectivity index (χ1) is 11.5. The van der Waals surface area contributed by atoms with Crippen molar-refractivity contribution in [3.05, 3.63) is 46.7 Å². The molecule has 1 aromatic heterocycles. The van der Waals surface area contributed by atoms with E-state index in [0.29, 0.717) is 16.6 Å². The third-order valence-electron chi connectivity index (χ3n) is 4.10. The topological polar surface area (TPSA) is 59.5 Å². The molecule has 0 saturated heterocycles. The van der Waals surface area contributed by atoms with E-state index in [9.17, 15) is 14.0 Å². The molecule has 0 radical (unpaired) electrons. The van der Waals surface area contributed by atoms with Gasteiger partial charge in [-0.2, -0.15) is 0 Å². The number of nitrogens with zero attached hydrogens (tertiary/aromatic N) is 2. The smallest absolute Gasteiger partial charge is 0.349 e. The lowest BCUT2D eigenvalue weighted by Gasteiger charge is -2.17. The summed E-state index contributed by atoms with van der Waals surface area (Å²) in [5.41, 5.74) is 0.972. The molecule has 24 heavy (non-hydrogen) atoms. The summed E-state index contributed by atoms with van der Waals surface area (Å²) in [6, 6.07) is 6.27. The molecule has 1 aliphatic rings. The number of hydrogen-bond donors (Lipinski definition) is 0. The fourth-order valence-electron chi connectivity index (χ4n) is 2.72. The molecule has 1 saturated carbocycles. The van der Waals surface area contributed by atoms with Crippen LogP contribution in [0.4, 0.5) is 9.52 Å². The fraction of sp³-hybridized carbons (Fsp3) is 0.353. The number of benzene rings is 1. The monoisotopic (exact) mass is 348 g/mol. The standard InChI is InChI=1S/C17H17FN2O3S/c1-3-20(17-19-9-14(24-17)16(22)23-2)15(21)13-8-12(13)10-4-6-11(18)7-5-10/h4-7,9,12-13H,3,8H2,1-2H3/t12-,13-/m0/s1. The number of halogens is 1. The molecule has 1 aromatic carbocycles. The zero-order valence-corrected chi connectivity index (χ0v) is 14.2. The van der Waals surface area contributed by atoms with Crippen molar-refractivity contribution in [2.24, 2.45) is 5.92 Å². The molecule has 2 atom stereocenters. The number of esters is 1. The molecule has 1 aliphatic carbocycles. The number of hydrogen-bond acceptors (Lipinski definition) is 5. The van der Waals surface area contributed by atoms with Gasteiger partial charge < -0.3 is 4.74 Å². The van der Waals surface area contributed by atoms with E-state index in [2.05, 4.69) is 9.72 Å². The average Bonchev–Trinajstić information content (AvgIpc) is 3.25. The second kappa shape index (κ2) is 6.68. The number of amides is 1. The van der Waals surface area contributed by atoms with Crippen LogP contribution in [0, 0.1) is 11.7 Å². The molecule has 7 heteroatoms. The minimum absolute atomic E-state index is 0.0161. The van der Waals surface area contributed by atoms with Crippen LogP contribution in [0.25, 0.3) is 0 Å².